The predicted molar refractivity (Wildman–Crippen MR) is 114 cm³/mol. The lowest BCUT2D eigenvalue weighted by Crippen LogP contribution is -2.25. The summed E-state index contributed by atoms with van der Waals surface area (Å²) in [6.45, 7) is 0.0944. The van der Waals surface area contributed by atoms with Crippen molar-refractivity contribution in [3.8, 4) is 5.75 Å². The zero-order valence-corrected chi connectivity index (χ0v) is 15.1. The Kier molecular flexibility index (Phi) is 4.89. The Morgan fingerprint density at radius 3 is 2.46 bits per heavy atom. The van der Waals surface area contributed by atoms with Gasteiger partial charge in [-0.1, -0.05) is 60.7 Å². The molecule has 0 saturated heterocycles. The van der Waals surface area contributed by atoms with Gasteiger partial charge in [-0.15, -0.1) is 0 Å². The summed E-state index contributed by atoms with van der Waals surface area (Å²) in [5, 5.41) is 21.3. The molecule has 4 aromatic rings. The van der Waals surface area contributed by atoms with Crippen LogP contribution < -0.4 is 10.7 Å². The number of phenolic OH excluding ortho intramolecular Hbond substituents is 1. The van der Waals surface area contributed by atoms with Gasteiger partial charge in [0.1, 0.15) is 5.75 Å². The maximum atomic E-state index is 12.1. The van der Waals surface area contributed by atoms with Crippen LogP contribution in [-0.2, 0) is 4.79 Å². The van der Waals surface area contributed by atoms with E-state index in [1.807, 2.05) is 72.8 Å². The number of rotatable bonds is 5. The summed E-state index contributed by atoms with van der Waals surface area (Å²) in [5.74, 6) is -0.157. The van der Waals surface area contributed by atoms with Crippen molar-refractivity contribution in [2.75, 3.05) is 11.9 Å². The van der Waals surface area contributed by atoms with Crippen LogP contribution in [-0.4, -0.2) is 23.8 Å². The second-order valence-corrected chi connectivity index (χ2v) is 6.43. The first-order valence-corrected chi connectivity index (χ1v) is 8.96. The summed E-state index contributed by atoms with van der Waals surface area (Å²) in [6, 6.07) is 25.1. The number of phenols is 1. The number of hydrogen-bond acceptors (Lipinski definition) is 4. The summed E-state index contributed by atoms with van der Waals surface area (Å²) in [4.78, 5) is 12.1. The van der Waals surface area contributed by atoms with Gasteiger partial charge < -0.3 is 10.4 Å². The molecule has 0 radical (unpaired) electrons. The minimum atomic E-state index is -0.274. The van der Waals surface area contributed by atoms with Gasteiger partial charge in [-0.25, -0.2) is 5.43 Å². The number of nitrogens with zero attached hydrogens (tertiary/aromatic N) is 1. The molecule has 0 fully saturated rings. The van der Waals surface area contributed by atoms with E-state index in [0.717, 1.165) is 27.2 Å². The van der Waals surface area contributed by atoms with Crippen LogP contribution in [0.2, 0.25) is 0 Å². The van der Waals surface area contributed by atoms with E-state index in [4.69, 9.17) is 0 Å². The lowest BCUT2D eigenvalue weighted by Gasteiger charge is -2.07. The minimum Gasteiger partial charge on any atom is -0.507 e. The Morgan fingerprint density at radius 2 is 1.61 bits per heavy atom. The lowest BCUT2D eigenvalue weighted by molar-refractivity contribution is -0.119. The fraction of sp³-hybridized carbons (Fsp3) is 0.0435. The Hall–Kier alpha value is -3.86. The molecule has 138 valence electrons. The van der Waals surface area contributed by atoms with E-state index in [2.05, 4.69) is 15.8 Å². The highest BCUT2D eigenvalue weighted by Crippen LogP contribution is 2.25. The molecule has 3 N–H and O–H groups in total. The summed E-state index contributed by atoms with van der Waals surface area (Å²) in [6.07, 6.45) is 1.46. The number of amides is 1. The molecule has 0 saturated carbocycles. The number of benzene rings is 4. The average Bonchev–Trinajstić information content (AvgIpc) is 2.73. The van der Waals surface area contributed by atoms with E-state index in [0.29, 0.717) is 5.56 Å². The van der Waals surface area contributed by atoms with Gasteiger partial charge in [-0.3, -0.25) is 4.79 Å². The molecule has 4 aromatic carbocycles. The van der Waals surface area contributed by atoms with Gasteiger partial charge in [0.2, 0.25) is 0 Å². The quantitative estimate of drug-likeness (QED) is 0.363. The highest BCUT2D eigenvalue weighted by atomic mass is 16.3. The fourth-order valence-corrected chi connectivity index (χ4v) is 3.11. The summed E-state index contributed by atoms with van der Waals surface area (Å²) in [5.41, 5.74) is 3.92. The average molecular weight is 369 g/mol. The number of hydrazone groups is 1. The van der Waals surface area contributed by atoms with Gasteiger partial charge >= 0.3 is 0 Å². The van der Waals surface area contributed by atoms with Crippen molar-refractivity contribution in [2.24, 2.45) is 5.10 Å². The number of anilines is 1. The maximum absolute atomic E-state index is 12.1. The molecule has 1 amide bonds. The van der Waals surface area contributed by atoms with Crippen molar-refractivity contribution in [3.63, 3.8) is 0 Å². The van der Waals surface area contributed by atoms with Crippen LogP contribution in [0.1, 0.15) is 5.56 Å². The van der Waals surface area contributed by atoms with Crippen molar-refractivity contribution in [3.05, 3.63) is 84.4 Å². The zero-order chi connectivity index (χ0) is 19.3. The summed E-state index contributed by atoms with van der Waals surface area (Å²) in [7, 11) is 0. The van der Waals surface area contributed by atoms with Crippen LogP contribution in [0.25, 0.3) is 21.5 Å². The van der Waals surface area contributed by atoms with Crippen molar-refractivity contribution < 1.29 is 9.90 Å². The number of carbonyl (C=O) groups is 1. The number of hydrogen-bond donors (Lipinski definition) is 3. The monoisotopic (exact) mass is 369 g/mol. The first-order chi connectivity index (χ1) is 13.7. The molecule has 0 aliphatic heterocycles. The Bertz CT molecular complexity index is 1180. The topological polar surface area (TPSA) is 73.7 Å². The first kappa shape index (κ1) is 17.5. The molecule has 0 aliphatic carbocycles. The van der Waals surface area contributed by atoms with Crippen molar-refractivity contribution >= 4 is 39.4 Å². The van der Waals surface area contributed by atoms with Gasteiger partial charge in [0.05, 0.1) is 12.8 Å². The highest BCUT2D eigenvalue weighted by Gasteiger charge is 2.05. The largest absolute Gasteiger partial charge is 0.507 e. The third-order valence-electron chi connectivity index (χ3n) is 4.53. The first-order valence-electron chi connectivity index (χ1n) is 8.96. The molecule has 5 nitrogen and oxygen atoms in total. The van der Waals surface area contributed by atoms with E-state index < -0.39 is 0 Å². The number of fused-ring (bicyclic) bond motifs is 2. The second-order valence-electron chi connectivity index (χ2n) is 6.43. The van der Waals surface area contributed by atoms with Crippen LogP contribution in [0.3, 0.4) is 0 Å². The zero-order valence-electron chi connectivity index (χ0n) is 15.1. The molecule has 4 rings (SSSR count). The smallest absolute Gasteiger partial charge is 0.259 e. The third-order valence-corrected chi connectivity index (χ3v) is 4.53. The van der Waals surface area contributed by atoms with Crippen LogP contribution in [0.4, 0.5) is 5.69 Å². The van der Waals surface area contributed by atoms with Crippen molar-refractivity contribution in [1.82, 2.24) is 5.43 Å². The second kappa shape index (κ2) is 7.80. The van der Waals surface area contributed by atoms with Gasteiger partial charge in [0, 0.05) is 11.3 Å². The number of nitrogens with one attached hydrogen (secondary N) is 2. The van der Waals surface area contributed by atoms with Crippen LogP contribution >= 0.6 is 0 Å². The van der Waals surface area contributed by atoms with E-state index in [-0.39, 0.29) is 18.2 Å². The molecule has 0 aliphatic rings. The molecule has 0 spiro atoms. The molecule has 0 unspecified atom stereocenters. The van der Waals surface area contributed by atoms with Gasteiger partial charge in [0.15, 0.2) is 0 Å². The molecular weight excluding hydrogens is 350 g/mol. The van der Waals surface area contributed by atoms with Crippen LogP contribution in [0.5, 0.6) is 5.75 Å². The Labute approximate surface area is 162 Å². The van der Waals surface area contributed by atoms with Crippen LogP contribution in [0.15, 0.2) is 84.0 Å². The van der Waals surface area contributed by atoms with E-state index in [1.54, 1.807) is 6.07 Å². The summed E-state index contributed by atoms with van der Waals surface area (Å²) < 4.78 is 0. The van der Waals surface area contributed by atoms with Crippen LogP contribution in [0, 0.1) is 0 Å². The van der Waals surface area contributed by atoms with E-state index >= 15 is 0 Å². The van der Waals surface area contributed by atoms with Crippen molar-refractivity contribution in [1.29, 1.82) is 0 Å². The Morgan fingerprint density at radius 1 is 0.893 bits per heavy atom. The fourth-order valence-electron chi connectivity index (χ4n) is 3.11. The predicted octanol–water partition coefficient (Wildman–Crippen LogP) is 4.26. The van der Waals surface area contributed by atoms with E-state index in [1.165, 1.54) is 6.21 Å². The number of aromatic hydroxyl groups is 1. The molecule has 0 aromatic heterocycles. The van der Waals surface area contributed by atoms with E-state index in [9.17, 15) is 9.90 Å². The normalized spacial score (nSPS) is 11.1. The van der Waals surface area contributed by atoms with Crippen molar-refractivity contribution in [2.45, 2.75) is 0 Å². The maximum Gasteiger partial charge on any atom is 0.259 e. The van der Waals surface area contributed by atoms with Gasteiger partial charge in [-0.05, 0) is 39.7 Å². The molecular formula is C23H19N3O2. The molecule has 0 heterocycles. The molecule has 0 bridgehead atoms. The van der Waals surface area contributed by atoms with Gasteiger partial charge in [-0.2, -0.15) is 5.10 Å². The third kappa shape index (κ3) is 3.78. The number of carbonyl (C=O) groups excluding carboxylic acids is 1. The molecule has 5 heteroatoms. The standard InChI is InChI=1S/C23H19N3O2/c27-22-12-10-17-6-3-4-8-20(17)21(22)14-25-26-23(28)15-24-19-11-9-16-5-1-2-7-18(16)13-19/h1-14,24,27H,15H2,(H,26,28)/b25-14+. The minimum absolute atomic E-state index is 0.0944. The highest BCUT2D eigenvalue weighted by molar-refractivity contribution is 6.02. The Balaban J connectivity index is 1.40. The van der Waals surface area contributed by atoms with Gasteiger partial charge in [0.25, 0.3) is 5.91 Å². The molecule has 28 heavy (non-hydrogen) atoms. The lowest BCUT2D eigenvalue weighted by atomic mass is 10.0. The SMILES string of the molecule is O=C(CNc1ccc2ccccc2c1)N/N=C/c1c(O)ccc2ccccc12. The molecule has 0 atom stereocenters. The summed E-state index contributed by atoms with van der Waals surface area (Å²) >= 11 is 0.